The van der Waals surface area contributed by atoms with Gasteiger partial charge in [-0.3, -0.25) is 0 Å². The molecule has 0 aliphatic heterocycles. The number of hydrogen-bond donors (Lipinski definition) is 2. The first kappa shape index (κ1) is 9.68. The third-order valence-corrected chi connectivity index (χ3v) is 2.86. The predicted octanol–water partition coefficient (Wildman–Crippen LogP) is 1.16. The molecule has 4 heteroatoms. The summed E-state index contributed by atoms with van der Waals surface area (Å²) in [5.74, 6) is -0.320. The van der Waals surface area contributed by atoms with E-state index in [-0.39, 0.29) is 11.6 Å². The van der Waals surface area contributed by atoms with Gasteiger partial charge in [0.25, 0.3) is 0 Å². The van der Waals surface area contributed by atoms with E-state index in [4.69, 9.17) is 10.0 Å². The van der Waals surface area contributed by atoms with Crippen molar-refractivity contribution in [1.82, 2.24) is 0 Å². The highest BCUT2D eigenvalue weighted by Crippen LogP contribution is 2.30. The molecule has 2 nitrogen and oxygen atoms in total. The summed E-state index contributed by atoms with van der Waals surface area (Å²) in [7, 11) is -1.26. The van der Waals surface area contributed by atoms with Crippen LogP contribution in [-0.4, -0.2) is 17.2 Å². The van der Waals surface area contributed by atoms with Gasteiger partial charge in [-0.15, -0.1) is 0 Å². The maximum absolute atomic E-state index is 12.9. The second kappa shape index (κ2) is 3.71. The molecule has 14 heavy (non-hydrogen) atoms. The molecule has 1 unspecified atom stereocenters. The third kappa shape index (κ3) is 1.81. The van der Waals surface area contributed by atoms with Gasteiger partial charge in [-0.1, -0.05) is 6.07 Å². The molecule has 1 aliphatic carbocycles. The van der Waals surface area contributed by atoms with Gasteiger partial charge >= 0.3 is 7.12 Å². The normalized spacial score (nSPS) is 20.4. The van der Waals surface area contributed by atoms with E-state index >= 15 is 0 Å². The molecule has 1 aromatic rings. The Balaban J connectivity index is 2.23. The highest BCUT2D eigenvalue weighted by Gasteiger charge is 2.27. The minimum absolute atomic E-state index is 0.104. The summed E-state index contributed by atoms with van der Waals surface area (Å²) >= 11 is 0. The third-order valence-electron chi connectivity index (χ3n) is 2.86. The highest BCUT2D eigenvalue weighted by atomic mass is 19.1. The van der Waals surface area contributed by atoms with E-state index in [0.29, 0.717) is 12.8 Å². The molecule has 74 valence electrons. The van der Waals surface area contributed by atoms with Crippen LogP contribution in [0.25, 0.3) is 0 Å². The molecule has 1 aromatic carbocycles. The topological polar surface area (TPSA) is 40.5 Å². The lowest BCUT2D eigenvalue weighted by molar-refractivity contribution is 0.374. The molecule has 0 saturated carbocycles. The van der Waals surface area contributed by atoms with Crippen LogP contribution in [-0.2, 0) is 12.8 Å². The van der Waals surface area contributed by atoms with Crippen LogP contribution in [0.5, 0.6) is 0 Å². The molecule has 0 amide bonds. The van der Waals surface area contributed by atoms with Crippen LogP contribution in [0, 0.1) is 5.82 Å². The standard InChI is InChI=1S/C10H12BFO2/c12-10-4-2-7-5-9(11(13)14)3-1-8(7)6-10/h2,4,6,9,13-14H,1,3,5H2. The Hall–Kier alpha value is -0.865. The van der Waals surface area contributed by atoms with Crippen molar-refractivity contribution < 1.29 is 14.4 Å². The Kier molecular flexibility index (Phi) is 2.57. The van der Waals surface area contributed by atoms with Crippen molar-refractivity contribution in [1.29, 1.82) is 0 Å². The minimum Gasteiger partial charge on any atom is -0.427 e. The Bertz CT molecular complexity index is 341. The highest BCUT2D eigenvalue weighted by molar-refractivity contribution is 6.43. The predicted molar refractivity (Wildman–Crippen MR) is 52.4 cm³/mol. The monoisotopic (exact) mass is 194 g/mol. The van der Waals surface area contributed by atoms with Crippen LogP contribution >= 0.6 is 0 Å². The molecule has 1 atom stereocenters. The van der Waals surface area contributed by atoms with E-state index in [1.165, 1.54) is 12.1 Å². The molecule has 1 aliphatic rings. The zero-order valence-electron chi connectivity index (χ0n) is 7.78. The SMILES string of the molecule is OB(O)C1CCc2cc(F)ccc2C1. The number of benzene rings is 1. The van der Waals surface area contributed by atoms with Gasteiger partial charge in [0.15, 0.2) is 0 Å². The van der Waals surface area contributed by atoms with Crippen molar-refractivity contribution >= 4 is 7.12 Å². The number of rotatable bonds is 1. The zero-order chi connectivity index (χ0) is 10.1. The number of hydrogen-bond acceptors (Lipinski definition) is 2. The van der Waals surface area contributed by atoms with E-state index in [9.17, 15) is 4.39 Å². The van der Waals surface area contributed by atoms with Gasteiger partial charge in [-0.25, -0.2) is 4.39 Å². The van der Waals surface area contributed by atoms with Crippen LogP contribution in [0.15, 0.2) is 18.2 Å². The van der Waals surface area contributed by atoms with E-state index in [2.05, 4.69) is 0 Å². The van der Waals surface area contributed by atoms with Gasteiger partial charge in [0.2, 0.25) is 0 Å². The van der Waals surface area contributed by atoms with Crippen molar-refractivity contribution in [2.24, 2.45) is 0 Å². The maximum Gasteiger partial charge on any atom is 0.455 e. The van der Waals surface area contributed by atoms with Crippen LogP contribution in [0.1, 0.15) is 17.5 Å². The summed E-state index contributed by atoms with van der Waals surface area (Å²) in [6.07, 6.45) is 2.08. The summed E-state index contributed by atoms with van der Waals surface area (Å²) in [5.41, 5.74) is 2.04. The molecule has 0 aromatic heterocycles. The van der Waals surface area contributed by atoms with E-state index in [1.807, 2.05) is 0 Å². The summed E-state index contributed by atoms with van der Waals surface area (Å²) in [4.78, 5) is 0. The molecule has 0 fully saturated rings. The summed E-state index contributed by atoms with van der Waals surface area (Å²) in [6.45, 7) is 0. The minimum atomic E-state index is -1.26. The lowest BCUT2D eigenvalue weighted by atomic mass is 9.64. The molecule has 0 bridgehead atoms. The van der Waals surface area contributed by atoms with Crippen molar-refractivity contribution in [3.63, 3.8) is 0 Å². The number of fused-ring (bicyclic) bond motifs is 1. The Morgan fingerprint density at radius 2 is 2.07 bits per heavy atom. The van der Waals surface area contributed by atoms with Gasteiger partial charge < -0.3 is 10.0 Å². The Labute approximate surface area is 82.5 Å². The number of aryl methyl sites for hydroxylation is 1. The molecule has 0 heterocycles. The van der Waals surface area contributed by atoms with Crippen molar-refractivity contribution in [3.05, 3.63) is 35.1 Å². The van der Waals surface area contributed by atoms with Crippen LogP contribution in [0.4, 0.5) is 4.39 Å². The second-order valence-electron chi connectivity index (χ2n) is 3.83. The zero-order valence-corrected chi connectivity index (χ0v) is 7.78. The molecule has 0 spiro atoms. The van der Waals surface area contributed by atoms with Crippen LogP contribution in [0.2, 0.25) is 5.82 Å². The fourth-order valence-corrected chi connectivity index (χ4v) is 2.01. The molecular formula is C10H12BFO2. The lowest BCUT2D eigenvalue weighted by Gasteiger charge is -2.23. The first-order valence-corrected chi connectivity index (χ1v) is 4.80. The van der Waals surface area contributed by atoms with Gasteiger partial charge in [0.05, 0.1) is 0 Å². The van der Waals surface area contributed by atoms with Crippen molar-refractivity contribution in [3.8, 4) is 0 Å². The van der Waals surface area contributed by atoms with Crippen LogP contribution in [0.3, 0.4) is 0 Å². The summed E-state index contributed by atoms with van der Waals surface area (Å²) in [6, 6.07) is 4.69. The van der Waals surface area contributed by atoms with Crippen molar-refractivity contribution in [2.75, 3.05) is 0 Å². The Morgan fingerprint density at radius 3 is 2.79 bits per heavy atom. The van der Waals surface area contributed by atoms with Gasteiger partial charge in [-0.2, -0.15) is 0 Å². The van der Waals surface area contributed by atoms with Crippen LogP contribution < -0.4 is 0 Å². The summed E-state index contributed by atoms with van der Waals surface area (Å²) in [5, 5.41) is 18.1. The molecule has 0 saturated heterocycles. The average molecular weight is 194 g/mol. The smallest absolute Gasteiger partial charge is 0.427 e. The second-order valence-corrected chi connectivity index (χ2v) is 3.83. The fourth-order valence-electron chi connectivity index (χ4n) is 2.01. The largest absolute Gasteiger partial charge is 0.455 e. The van der Waals surface area contributed by atoms with Gasteiger partial charge in [0.1, 0.15) is 5.82 Å². The molecule has 2 N–H and O–H groups in total. The first-order chi connectivity index (χ1) is 6.66. The summed E-state index contributed by atoms with van der Waals surface area (Å²) < 4.78 is 12.9. The lowest BCUT2D eigenvalue weighted by Crippen LogP contribution is -2.25. The van der Waals surface area contributed by atoms with E-state index in [1.54, 1.807) is 6.07 Å². The first-order valence-electron chi connectivity index (χ1n) is 4.80. The van der Waals surface area contributed by atoms with Gasteiger partial charge in [-0.05, 0) is 48.3 Å². The molecular weight excluding hydrogens is 182 g/mol. The molecule has 2 rings (SSSR count). The number of halogens is 1. The Morgan fingerprint density at radius 1 is 1.29 bits per heavy atom. The maximum atomic E-state index is 12.9. The fraction of sp³-hybridized carbons (Fsp3) is 0.400. The van der Waals surface area contributed by atoms with Gasteiger partial charge in [0, 0.05) is 0 Å². The van der Waals surface area contributed by atoms with E-state index in [0.717, 1.165) is 17.5 Å². The quantitative estimate of drug-likeness (QED) is 0.658. The average Bonchev–Trinajstić information content (AvgIpc) is 2.16. The van der Waals surface area contributed by atoms with E-state index < -0.39 is 7.12 Å². The van der Waals surface area contributed by atoms with Crippen molar-refractivity contribution in [2.45, 2.75) is 25.1 Å². The molecule has 0 radical (unpaired) electrons.